The molecule has 1 aliphatic carbocycles. The SMILES string of the molecule is O=C(c1cc(C2CC2)nc2ccccc12)N1CCOCC1. The summed E-state index contributed by atoms with van der Waals surface area (Å²) in [7, 11) is 0. The van der Waals surface area contributed by atoms with Crippen molar-refractivity contribution in [2.45, 2.75) is 18.8 Å². The number of morpholine rings is 1. The molecule has 1 aromatic carbocycles. The Hall–Kier alpha value is -1.94. The van der Waals surface area contributed by atoms with E-state index in [0.717, 1.165) is 22.2 Å². The number of fused-ring (bicyclic) bond motifs is 1. The van der Waals surface area contributed by atoms with E-state index in [1.807, 2.05) is 35.2 Å². The van der Waals surface area contributed by atoms with Gasteiger partial charge in [-0.25, -0.2) is 0 Å². The molecule has 4 heteroatoms. The second kappa shape index (κ2) is 5.11. The van der Waals surface area contributed by atoms with Gasteiger partial charge < -0.3 is 9.64 Å². The molecule has 2 heterocycles. The number of rotatable bonds is 2. The highest BCUT2D eigenvalue weighted by atomic mass is 16.5. The molecule has 0 bridgehead atoms. The summed E-state index contributed by atoms with van der Waals surface area (Å²) < 4.78 is 5.34. The minimum absolute atomic E-state index is 0.110. The Balaban J connectivity index is 1.79. The summed E-state index contributed by atoms with van der Waals surface area (Å²) in [5.41, 5.74) is 2.80. The molecule has 2 fully saturated rings. The highest BCUT2D eigenvalue weighted by Crippen LogP contribution is 2.40. The molecular formula is C17H18N2O2. The van der Waals surface area contributed by atoms with Gasteiger partial charge in [0.2, 0.25) is 0 Å². The number of aromatic nitrogens is 1. The zero-order valence-electron chi connectivity index (χ0n) is 11.9. The molecule has 0 N–H and O–H groups in total. The molecule has 2 aliphatic rings. The van der Waals surface area contributed by atoms with Gasteiger partial charge in [0.05, 0.1) is 24.3 Å². The van der Waals surface area contributed by atoms with Gasteiger partial charge in [-0.2, -0.15) is 0 Å². The van der Waals surface area contributed by atoms with E-state index in [1.165, 1.54) is 12.8 Å². The van der Waals surface area contributed by atoms with E-state index in [1.54, 1.807) is 0 Å². The van der Waals surface area contributed by atoms with Gasteiger partial charge >= 0.3 is 0 Å². The molecule has 1 aliphatic heterocycles. The quantitative estimate of drug-likeness (QED) is 0.850. The molecule has 21 heavy (non-hydrogen) atoms. The maximum Gasteiger partial charge on any atom is 0.254 e. The van der Waals surface area contributed by atoms with Crippen molar-refractivity contribution in [1.29, 1.82) is 0 Å². The van der Waals surface area contributed by atoms with E-state index in [-0.39, 0.29) is 5.91 Å². The normalized spacial score (nSPS) is 19.0. The summed E-state index contributed by atoms with van der Waals surface area (Å²) in [4.78, 5) is 19.5. The minimum Gasteiger partial charge on any atom is -0.378 e. The van der Waals surface area contributed by atoms with Gasteiger partial charge in [0, 0.05) is 30.1 Å². The van der Waals surface area contributed by atoms with Crippen LogP contribution >= 0.6 is 0 Å². The maximum atomic E-state index is 12.9. The number of para-hydroxylation sites is 1. The number of nitrogens with zero attached hydrogens (tertiary/aromatic N) is 2. The molecule has 4 nitrogen and oxygen atoms in total. The highest BCUT2D eigenvalue weighted by molar-refractivity contribution is 6.06. The first-order valence-electron chi connectivity index (χ1n) is 7.59. The summed E-state index contributed by atoms with van der Waals surface area (Å²) in [5.74, 6) is 0.657. The number of amides is 1. The van der Waals surface area contributed by atoms with E-state index in [2.05, 4.69) is 0 Å². The third-order valence-electron chi connectivity index (χ3n) is 4.26. The smallest absolute Gasteiger partial charge is 0.254 e. The van der Waals surface area contributed by atoms with Crippen molar-refractivity contribution in [3.63, 3.8) is 0 Å². The monoisotopic (exact) mass is 282 g/mol. The number of carbonyl (C=O) groups excluding carboxylic acids is 1. The lowest BCUT2D eigenvalue weighted by Gasteiger charge is -2.27. The Morgan fingerprint density at radius 1 is 1.19 bits per heavy atom. The van der Waals surface area contributed by atoms with E-state index in [9.17, 15) is 4.79 Å². The molecular weight excluding hydrogens is 264 g/mol. The van der Waals surface area contributed by atoms with Crippen molar-refractivity contribution < 1.29 is 9.53 Å². The summed E-state index contributed by atoms with van der Waals surface area (Å²) >= 11 is 0. The van der Waals surface area contributed by atoms with Crippen LogP contribution in [0.3, 0.4) is 0 Å². The first kappa shape index (κ1) is 12.8. The van der Waals surface area contributed by atoms with Gasteiger partial charge in [-0.05, 0) is 25.0 Å². The van der Waals surface area contributed by atoms with Crippen molar-refractivity contribution in [2.75, 3.05) is 26.3 Å². The Bertz CT molecular complexity index is 688. The molecule has 0 radical (unpaired) electrons. The van der Waals surface area contributed by atoms with Crippen LogP contribution in [-0.2, 0) is 4.74 Å². The van der Waals surface area contributed by atoms with Crippen LogP contribution in [0.25, 0.3) is 10.9 Å². The molecule has 2 aromatic rings. The lowest BCUT2D eigenvalue weighted by molar-refractivity contribution is 0.0304. The summed E-state index contributed by atoms with van der Waals surface area (Å²) in [5, 5.41) is 0.957. The topological polar surface area (TPSA) is 42.4 Å². The number of carbonyl (C=O) groups is 1. The van der Waals surface area contributed by atoms with E-state index >= 15 is 0 Å². The number of hydrogen-bond acceptors (Lipinski definition) is 3. The zero-order chi connectivity index (χ0) is 14.2. The highest BCUT2D eigenvalue weighted by Gasteiger charge is 2.28. The average molecular weight is 282 g/mol. The predicted octanol–water partition coefficient (Wildman–Crippen LogP) is 2.58. The largest absolute Gasteiger partial charge is 0.378 e. The van der Waals surface area contributed by atoms with Gasteiger partial charge in [0.15, 0.2) is 0 Å². The summed E-state index contributed by atoms with van der Waals surface area (Å²) in [6.07, 6.45) is 2.38. The number of ether oxygens (including phenoxy) is 1. The molecule has 0 unspecified atom stereocenters. The van der Waals surface area contributed by atoms with Crippen molar-refractivity contribution in [1.82, 2.24) is 9.88 Å². The Morgan fingerprint density at radius 3 is 2.71 bits per heavy atom. The molecule has 0 atom stereocenters. The molecule has 108 valence electrons. The predicted molar refractivity (Wildman–Crippen MR) is 80.4 cm³/mol. The first-order valence-corrected chi connectivity index (χ1v) is 7.59. The maximum absolute atomic E-state index is 12.9. The van der Waals surface area contributed by atoms with Crippen LogP contribution < -0.4 is 0 Å². The van der Waals surface area contributed by atoms with Gasteiger partial charge in [-0.1, -0.05) is 18.2 Å². The minimum atomic E-state index is 0.110. The van der Waals surface area contributed by atoms with Crippen LogP contribution in [0.1, 0.15) is 34.8 Å². The third kappa shape index (κ3) is 2.40. The van der Waals surface area contributed by atoms with Crippen molar-refractivity contribution >= 4 is 16.8 Å². The molecule has 4 rings (SSSR count). The lowest BCUT2D eigenvalue weighted by Crippen LogP contribution is -2.40. The molecule has 1 saturated heterocycles. The van der Waals surface area contributed by atoms with Crippen LogP contribution in [0.2, 0.25) is 0 Å². The van der Waals surface area contributed by atoms with Crippen LogP contribution in [0.4, 0.5) is 0 Å². The second-order valence-corrected chi connectivity index (χ2v) is 5.79. The van der Waals surface area contributed by atoms with Crippen molar-refractivity contribution in [3.05, 3.63) is 41.6 Å². The van der Waals surface area contributed by atoms with Crippen molar-refractivity contribution in [2.24, 2.45) is 0 Å². The number of pyridine rings is 1. The molecule has 1 saturated carbocycles. The third-order valence-corrected chi connectivity index (χ3v) is 4.26. The van der Waals surface area contributed by atoms with Crippen LogP contribution in [0.5, 0.6) is 0 Å². The number of benzene rings is 1. The molecule has 0 spiro atoms. The average Bonchev–Trinajstić information content (AvgIpc) is 3.39. The van der Waals surface area contributed by atoms with Crippen LogP contribution in [0, 0.1) is 0 Å². The summed E-state index contributed by atoms with van der Waals surface area (Å²) in [6, 6.07) is 9.95. The summed E-state index contributed by atoms with van der Waals surface area (Å²) in [6.45, 7) is 2.61. The fraction of sp³-hybridized carbons (Fsp3) is 0.412. The zero-order valence-corrected chi connectivity index (χ0v) is 11.9. The van der Waals surface area contributed by atoms with Gasteiger partial charge in [0.25, 0.3) is 5.91 Å². The molecule has 1 amide bonds. The fourth-order valence-corrected chi connectivity index (χ4v) is 2.90. The van der Waals surface area contributed by atoms with Crippen LogP contribution in [0.15, 0.2) is 30.3 Å². The van der Waals surface area contributed by atoms with Gasteiger partial charge in [-0.3, -0.25) is 9.78 Å². The van der Waals surface area contributed by atoms with Crippen LogP contribution in [-0.4, -0.2) is 42.1 Å². The Morgan fingerprint density at radius 2 is 1.95 bits per heavy atom. The van der Waals surface area contributed by atoms with E-state index in [0.29, 0.717) is 32.2 Å². The van der Waals surface area contributed by atoms with Gasteiger partial charge in [-0.15, -0.1) is 0 Å². The number of hydrogen-bond donors (Lipinski definition) is 0. The van der Waals surface area contributed by atoms with Gasteiger partial charge in [0.1, 0.15) is 0 Å². The fourth-order valence-electron chi connectivity index (χ4n) is 2.90. The Labute approximate surface area is 123 Å². The second-order valence-electron chi connectivity index (χ2n) is 5.79. The van der Waals surface area contributed by atoms with Crippen molar-refractivity contribution in [3.8, 4) is 0 Å². The lowest BCUT2D eigenvalue weighted by atomic mass is 10.0. The standard InChI is InChI=1S/C17H18N2O2/c20-17(19-7-9-21-10-8-19)14-11-16(12-5-6-12)18-15-4-2-1-3-13(14)15/h1-4,11-12H,5-10H2. The van der Waals surface area contributed by atoms with E-state index in [4.69, 9.17) is 9.72 Å². The van der Waals surface area contributed by atoms with E-state index < -0.39 is 0 Å². The first-order chi connectivity index (χ1) is 10.3. The molecule has 1 aromatic heterocycles. The Kier molecular flexibility index (Phi) is 3.11.